The lowest BCUT2D eigenvalue weighted by Crippen LogP contribution is -2.23. The van der Waals surface area contributed by atoms with E-state index in [1.165, 1.54) is 6.20 Å². The maximum Gasteiger partial charge on any atom is 0.344 e. The quantitative estimate of drug-likeness (QED) is 0.375. The molecular weight excluding hydrogens is 380 g/mol. The lowest BCUT2D eigenvalue weighted by atomic mass is 10.0. The van der Waals surface area contributed by atoms with E-state index in [2.05, 4.69) is 4.98 Å². The average molecular weight is 400 g/mol. The van der Waals surface area contributed by atoms with Crippen LogP contribution in [0.15, 0.2) is 65.6 Å². The molecular formula is C24H20N2O4. The predicted octanol–water partition coefficient (Wildman–Crippen LogP) is 3.92. The second-order valence-electron chi connectivity index (χ2n) is 7.04. The van der Waals surface area contributed by atoms with Crippen LogP contribution in [0, 0.1) is 6.92 Å². The molecule has 30 heavy (non-hydrogen) atoms. The number of carbonyl (C=O) groups excluding carboxylic acids is 2. The maximum absolute atomic E-state index is 12.8. The van der Waals surface area contributed by atoms with Crippen molar-refractivity contribution in [1.29, 1.82) is 0 Å². The fourth-order valence-corrected chi connectivity index (χ4v) is 3.40. The lowest BCUT2D eigenvalue weighted by Gasteiger charge is -2.11. The molecule has 0 amide bonds. The zero-order chi connectivity index (χ0) is 21.3. The third-order valence-corrected chi connectivity index (χ3v) is 5.03. The number of rotatable bonds is 5. The first-order valence-corrected chi connectivity index (χ1v) is 9.68. The van der Waals surface area contributed by atoms with Crippen molar-refractivity contribution in [3.63, 3.8) is 0 Å². The van der Waals surface area contributed by atoms with Crippen LogP contribution in [0.2, 0.25) is 0 Å². The molecule has 0 N–H and O–H groups in total. The first-order valence-electron chi connectivity index (χ1n) is 9.68. The highest BCUT2D eigenvalue weighted by Gasteiger charge is 2.19. The van der Waals surface area contributed by atoms with E-state index in [1.807, 2.05) is 44.2 Å². The fraction of sp³-hybridized carbons (Fsp3) is 0.167. The molecule has 2 heterocycles. The highest BCUT2D eigenvalue weighted by atomic mass is 16.5. The number of benzene rings is 2. The number of fused-ring (bicyclic) bond motifs is 2. The third-order valence-electron chi connectivity index (χ3n) is 5.03. The summed E-state index contributed by atoms with van der Waals surface area (Å²) in [4.78, 5) is 42.3. The molecule has 6 heteroatoms. The van der Waals surface area contributed by atoms with Crippen molar-refractivity contribution in [2.45, 2.75) is 20.4 Å². The number of ketones is 1. The summed E-state index contributed by atoms with van der Waals surface area (Å²) in [7, 11) is 0. The Hall–Kier alpha value is -3.80. The minimum atomic E-state index is -0.821. The van der Waals surface area contributed by atoms with Gasteiger partial charge in [-0.25, -0.2) is 9.78 Å². The van der Waals surface area contributed by atoms with Gasteiger partial charge in [0, 0.05) is 24.0 Å². The Morgan fingerprint density at radius 2 is 1.80 bits per heavy atom. The molecule has 0 atom stereocenters. The second kappa shape index (κ2) is 7.91. The number of ether oxygens (including phenoxy) is 1. The lowest BCUT2D eigenvalue weighted by molar-refractivity contribution is 0.0473. The first kappa shape index (κ1) is 19.5. The number of aromatic nitrogens is 2. The van der Waals surface area contributed by atoms with Crippen LogP contribution < -0.4 is 5.43 Å². The SMILES string of the molecule is CCn1cc(C(=O)OCC(=O)c2ccc3ccccc3c2)c(=O)c2ccc(C)nc21. The summed E-state index contributed by atoms with van der Waals surface area (Å²) in [5.74, 6) is -1.15. The summed E-state index contributed by atoms with van der Waals surface area (Å²) in [5.41, 5.74) is 1.18. The number of hydrogen-bond donors (Lipinski definition) is 0. The minimum absolute atomic E-state index is 0.110. The van der Waals surface area contributed by atoms with Gasteiger partial charge in [0.15, 0.2) is 12.4 Å². The number of hydrogen-bond acceptors (Lipinski definition) is 5. The van der Waals surface area contributed by atoms with Gasteiger partial charge in [-0.2, -0.15) is 0 Å². The summed E-state index contributed by atoms with van der Waals surface area (Å²) < 4.78 is 6.91. The molecule has 0 aliphatic rings. The van der Waals surface area contributed by atoms with Crippen LogP contribution >= 0.6 is 0 Å². The molecule has 0 unspecified atom stereocenters. The summed E-state index contributed by atoms with van der Waals surface area (Å²) in [5, 5.41) is 2.29. The van der Waals surface area contributed by atoms with Gasteiger partial charge in [0.25, 0.3) is 0 Å². The Morgan fingerprint density at radius 3 is 2.57 bits per heavy atom. The molecule has 0 aliphatic heterocycles. The molecule has 2 aromatic carbocycles. The number of nitrogens with zero attached hydrogens (tertiary/aromatic N) is 2. The minimum Gasteiger partial charge on any atom is -0.454 e. The maximum atomic E-state index is 12.8. The predicted molar refractivity (Wildman–Crippen MR) is 115 cm³/mol. The highest BCUT2D eigenvalue weighted by Crippen LogP contribution is 2.16. The van der Waals surface area contributed by atoms with E-state index in [4.69, 9.17) is 4.74 Å². The molecule has 0 aliphatic carbocycles. The summed E-state index contributed by atoms with van der Waals surface area (Å²) >= 11 is 0. The van der Waals surface area contributed by atoms with Gasteiger partial charge < -0.3 is 9.30 Å². The van der Waals surface area contributed by atoms with Crippen LogP contribution in [0.1, 0.15) is 33.3 Å². The van der Waals surface area contributed by atoms with E-state index >= 15 is 0 Å². The standard InChI is InChI=1S/C24H20N2O4/c1-3-26-13-20(22(28)19-11-8-15(2)25-23(19)26)24(29)30-14-21(27)18-10-9-16-6-4-5-7-17(16)12-18/h4-13H,3,14H2,1-2H3. The monoisotopic (exact) mass is 400 g/mol. The topological polar surface area (TPSA) is 78.3 Å². The number of carbonyl (C=O) groups is 2. The van der Waals surface area contributed by atoms with Gasteiger partial charge in [-0.1, -0.05) is 36.4 Å². The van der Waals surface area contributed by atoms with Crippen LogP contribution in [-0.4, -0.2) is 27.9 Å². The Labute approximate surface area is 172 Å². The van der Waals surface area contributed by atoms with E-state index in [0.717, 1.165) is 16.5 Å². The molecule has 0 spiro atoms. The van der Waals surface area contributed by atoms with Crippen LogP contribution in [0.3, 0.4) is 0 Å². The Kier molecular flexibility index (Phi) is 5.14. The molecule has 4 aromatic rings. The molecule has 6 nitrogen and oxygen atoms in total. The normalized spacial score (nSPS) is 11.0. The van der Waals surface area contributed by atoms with E-state index in [9.17, 15) is 14.4 Å². The molecule has 2 aromatic heterocycles. The van der Waals surface area contributed by atoms with Gasteiger partial charge in [0.05, 0.1) is 5.39 Å². The van der Waals surface area contributed by atoms with Gasteiger partial charge in [-0.15, -0.1) is 0 Å². The molecule has 150 valence electrons. The number of aryl methyl sites for hydroxylation is 2. The van der Waals surface area contributed by atoms with Crippen molar-refractivity contribution >= 4 is 33.6 Å². The largest absolute Gasteiger partial charge is 0.454 e. The van der Waals surface area contributed by atoms with Crippen LogP contribution in [0.4, 0.5) is 0 Å². The first-order chi connectivity index (χ1) is 14.5. The zero-order valence-corrected chi connectivity index (χ0v) is 16.7. The molecule has 4 rings (SSSR count). The fourth-order valence-electron chi connectivity index (χ4n) is 3.40. The van der Waals surface area contributed by atoms with E-state index in [0.29, 0.717) is 23.1 Å². The van der Waals surface area contributed by atoms with Crippen molar-refractivity contribution in [2.24, 2.45) is 0 Å². The van der Waals surface area contributed by atoms with Crippen molar-refractivity contribution in [2.75, 3.05) is 6.61 Å². The van der Waals surface area contributed by atoms with E-state index in [-0.39, 0.29) is 11.3 Å². The Balaban J connectivity index is 1.58. The molecule has 0 saturated heterocycles. The number of Topliss-reactive ketones (excluding diaryl/α,β-unsaturated/α-hetero) is 1. The average Bonchev–Trinajstić information content (AvgIpc) is 2.77. The number of esters is 1. The molecule has 0 bridgehead atoms. The Morgan fingerprint density at radius 1 is 1.03 bits per heavy atom. The van der Waals surface area contributed by atoms with Crippen LogP contribution in [-0.2, 0) is 11.3 Å². The summed E-state index contributed by atoms with van der Waals surface area (Å²) in [6, 6.07) is 16.4. The van der Waals surface area contributed by atoms with Gasteiger partial charge in [-0.05, 0) is 42.8 Å². The zero-order valence-electron chi connectivity index (χ0n) is 16.7. The molecule has 0 fully saturated rings. The highest BCUT2D eigenvalue weighted by molar-refractivity contribution is 6.02. The van der Waals surface area contributed by atoms with Gasteiger partial charge >= 0.3 is 5.97 Å². The van der Waals surface area contributed by atoms with Crippen molar-refractivity contribution in [1.82, 2.24) is 9.55 Å². The third kappa shape index (κ3) is 3.59. The van der Waals surface area contributed by atoms with Crippen molar-refractivity contribution in [3.05, 3.63) is 87.8 Å². The van der Waals surface area contributed by atoms with Crippen molar-refractivity contribution in [3.8, 4) is 0 Å². The Bertz CT molecular complexity index is 1350. The summed E-state index contributed by atoms with van der Waals surface area (Å²) in [6.07, 6.45) is 1.44. The smallest absolute Gasteiger partial charge is 0.344 e. The van der Waals surface area contributed by atoms with E-state index in [1.54, 1.807) is 28.8 Å². The van der Waals surface area contributed by atoms with Gasteiger partial charge in [0.2, 0.25) is 5.43 Å². The van der Waals surface area contributed by atoms with Crippen molar-refractivity contribution < 1.29 is 14.3 Å². The summed E-state index contributed by atoms with van der Waals surface area (Å²) in [6.45, 7) is 3.83. The molecule has 0 radical (unpaired) electrons. The van der Waals surface area contributed by atoms with Gasteiger partial charge in [0.1, 0.15) is 11.2 Å². The van der Waals surface area contributed by atoms with Crippen LogP contribution in [0.25, 0.3) is 21.8 Å². The second-order valence-corrected chi connectivity index (χ2v) is 7.04. The van der Waals surface area contributed by atoms with E-state index < -0.39 is 18.0 Å². The molecule has 0 saturated carbocycles. The van der Waals surface area contributed by atoms with Gasteiger partial charge in [-0.3, -0.25) is 9.59 Å². The van der Waals surface area contributed by atoms with Crippen LogP contribution in [0.5, 0.6) is 0 Å². The number of pyridine rings is 2.